The number of nitrogens with one attached hydrogen (secondary N) is 1. The minimum Gasteiger partial charge on any atom is -0.496 e. The second kappa shape index (κ2) is 6.12. The minimum absolute atomic E-state index is 0.0846. The van der Waals surface area contributed by atoms with Gasteiger partial charge in [-0.15, -0.1) is 0 Å². The van der Waals surface area contributed by atoms with Gasteiger partial charge in [0, 0.05) is 18.0 Å². The molecule has 88 valence electrons. The smallest absolute Gasteiger partial charge is 0.219 e. The molecular formula is C12H18N2O2. The molecule has 1 aromatic rings. The summed E-state index contributed by atoms with van der Waals surface area (Å²) >= 11 is 0. The van der Waals surface area contributed by atoms with E-state index in [2.05, 4.69) is 5.32 Å². The lowest BCUT2D eigenvalue weighted by molar-refractivity contribution is -0.118. The van der Waals surface area contributed by atoms with Crippen LogP contribution in [0.3, 0.4) is 0 Å². The predicted octanol–water partition coefficient (Wildman–Crippen LogP) is 1.22. The lowest BCUT2D eigenvalue weighted by Gasteiger charge is -2.19. The van der Waals surface area contributed by atoms with Gasteiger partial charge in [-0.25, -0.2) is 0 Å². The van der Waals surface area contributed by atoms with Gasteiger partial charge in [0.25, 0.3) is 0 Å². The Balaban J connectivity index is 2.94. The highest BCUT2D eigenvalue weighted by Gasteiger charge is 2.16. The standard InChI is InChI=1S/C12H18N2O2/c1-3-14-10(8-12(13)15)9-6-4-5-7-11(9)16-2/h4-7,10,14H,3,8H2,1-2H3,(H2,13,15). The molecule has 1 aromatic carbocycles. The van der Waals surface area contributed by atoms with Crippen molar-refractivity contribution in [3.63, 3.8) is 0 Å². The van der Waals surface area contributed by atoms with Gasteiger partial charge in [-0.1, -0.05) is 25.1 Å². The summed E-state index contributed by atoms with van der Waals surface area (Å²) in [6.07, 6.45) is 0.272. The van der Waals surface area contributed by atoms with Crippen LogP contribution in [0.2, 0.25) is 0 Å². The van der Waals surface area contributed by atoms with E-state index < -0.39 is 0 Å². The first-order valence-corrected chi connectivity index (χ1v) is 5.33. The van der Waals surface area contributed by atoms with Crippen molar-refractivity contribution in [1.29, 1.82) is 0 Å². The Kier molecular flexibility index (Phi) is 4.79. The fourth-order valence-corrected chi connectivity index (χ4v) is 1.69. The Morgan fingerprint density at radius 3 is 2.75 bits per heavy atom. The average Bonchev–Trinajstić information content (AvgIpc) is 2.28. The van der Waals surface area contributed by atoms with Gasteiger partial charge in [-0.2, -0.15) is 0 Å². The van der Waals surface area contributed by atoms with E-state index in [-0.39, 0.29) is 18.4 Å². The molecule has 1 atom stereocenters. The molecule has 0 bridgehead atoms. The Hall–Kier alpha value is -1.55. The molecule has 0 radical (unpaired) electrons. The molecule has 1 unspecified atom stereocenters. The van der Waals surface area contributed by atoms with Gasteiger partial charge in [-0.3, -0.25) is 4.79 Å². The number of nitrogens with two attached hydrogens (primary N) is 1. The molecule has 1 amide bonds. The summed E-state index contributed by atoms with van der Waals surface area (Å²) in [4.78, 5) is 11.0. The molecule has 16 heavy (non-hydrogen) atoms. The summed E-state index contributed by atoms with van der Waals surface area (Å²) in [6, 6.07) is 7.55. The number of benzene rings is 1. The van der Waals surface area contributed by atoms with Crippen molar-refractivity contribution in [2.45, 2.75) is 19.4 Å². The third-order valence-electron chi connectivity index (χ3n) is 2.37. The van der Waals surface area contributed by atoms with Crippen molar-refractivity contribution in [2.24, 2.45) is 5.73 Å². The molecule has 1 rings (SSSR count). The van der Waals surface area contributed by atoms with Crippen LogP contribution in [0, 0.1) is 0 Å². The van der Waals surface area contributed by atoms with Crippen molar-refractivity contribution in [3.05, 3.63) is 29.8 Å². The van der Waals surface area contributed by atoms with Gasteiger partial charge < -0.3 is 15.8 Å². The number of hydrogen-bond acceptors (Lipinski definition) is 3. The zero-order chi connectivity index (χ0) is 12.0. The molecule has 4 nitrogen and oxygen atoms in total. The highest BCUT2D eigenvalue weighted by Crippen LogP contribution is 2.26. The molecule has 0 aliphatic rings. The molecule has 3 N–H and O–H groups in total. The van der Waals surface area contributed by atoms with Crippen LogP contribution in [0.1, 0.15) is 24.9 Å². The van der Waals surface area contributed by atoms with Gasteiger partial charge in [0.1, 0.15) is 5.75 Å². The average molecular weight is 222 g/mol. The third kappa shape index (κ3) is 3.24. The maximum atomic E-state index is 11.0. The fourth-order valence-electron chi connectivity index (χ4n) is 1.69. The van der Waals surface area contributed by atoms with Crippen LogP contribution in [-0.4, -0.2) is 19.6 Å². The van der Waals surface area contributed by atoms with Crippen molar-refractivity contribution >= 4 is 5.91 Å². The molecule has 0 saturated heterocycles. The molecule has 0 heterocycles. The van der Waals surface area contributed by atoms with E-state index in [1.54, 1.807) is 7.11 Å². The number of ether oxygens (including phenoxy) is 1. The summed E-state index contributed by atoms with van der Waals surface area (Å²) in [5.74, 6) is 0.451. The van der Waals surface area contributed by atoms with Gasteiger partial charge in [0.05, 0.1) is 7.11 Å². The lowest BCUT2D eigenvalue weighted by atomic mass is 10.0. The topological polar surface area (TPSA) is 64.3 Å². The number of primary amides is 1. The second-order valence-electron chi connectivity index (χ2n) is 3.52. The number of hydrogen-bond donors (Lipinski definition) is 2. The number of rotatable bonds is 6. The highest BCUT2D eigenvalue weighted by atomic mass is 16.5. The Bertz CT molecular complexity index is 353. The van der Waals surface area contributed by atoms with E-state index in [1.165, 1.54) is 0 Å². The quantitative estimate of drug-likeness (QED) is 0.760. The maximum Gasteiger partial charge on any atom is 0.219 e. The van der Waals surface area contributed by atoms with Crippen LogP contribution in [-0.2, 0) is 4.79 Å². The van der Waals surface area contributed by atoms with Crippen LogP contribution in [0.25, 0.3) is 0 Å². The molecule has 0 spiro atoms. The highest BCUT2D eigenvalue weighted by molar-refractivity contribution is 5.74. The van der Waals surface area contributed by atoms with Crippen molar-refractivity contribution in [3.8, 4) is 5.75 Å². The van der Waals surface area contributed by atoms with Crippen LogP contribution in [0.15, 0.2) is 24.3 Å². The van der Waals surface area contributed by atoms with E-state index in [4.69, 9.17) is 10.5 Å². The molecule has 0 fully saturated rings. The van der Waals surface area contributed by atoms with E-state index in [9.17, 15) is 4.79 Å². The number of amides is 1. The van der Waals surface area contributed by atoms with E-state index >= 15 is 0 Å². The van der Waals surface area contributed by atoms with Crippen molar-refractivity contribution in [1.82, 2.24) is 5.32 Å². The third-order valence-corrected chi connectivity index (χ3v) is 2.37. The lowest BCUT2D eigenvalue weighted by Crippen LogP contribution is -2.26. The Morgan fingerprint density at radius 2 is 2.19 bits per heavy atom. The van der Waals surface area contributed by atoms with Gasteiger partial charge in [-0.05, 0) is 12.6 Å². The molecule has 0 aromatic heterocycles. The molecule has 0 aliphatic carbocycles. The van der Waals surface area contributed by atoms with Crippen LogP contribution in [0.5, 0.6) is 5.75 Å². The zero-order valence-corrected chi connectivity index (χ0v) is 9.69. The first kappa shape index (κ1) is 12.5. The summed E-state index contributed by atoms with van der Waals surface area (Å²) in [7, 11) is 1.62. The predicted molar refractivity (Wildman–Crippen MR) is 63.2 cm³/mol. The van der Waals surface area contributed by atoms with E-state index in [0.717, 1.165) is 17.9 Å². The van der Waals surface area contributed by atoms with Crippen LogP contribution in [0.4, 0.5) is 0 Å². The molecule has 0 aliphatic heterocycles. The number of methoxy groups -OCH3 is 1. The largest absolute Gasteiger partial charge is 0.496 e. The summed E-state index contributed by atoms with van der Waals surface area (Å²) < 4.78 is 5.26. The van der Waals surface area contributed by atoms with Gasteiger partial charge in [0.2, 0.25) is 5.91 Å². The molecule has 4 heteroatoms. The minimum atomic E-state index is -0.322. The number of para-hydroxylation sites is 1. The monoisotopic (exact) mass is 222 g/mol. The zero-order valence-electron chi connectivity index (χ0n) is 9.69. The van der Waals surface area contributed by atoms with Crippen molar-refractivity contribution < 1.29 is 9.53 Å². The number of carbonyl (C=O) groups excluding carboxylic acids is 1. The van der Waals surface area contributed by atoms with E-state index in [0.29, 0.717) is 0 Å². The SMILES string of the molecule is CCNC(CC(N)=O)c1ccccc1OC. The fraction of sp³-hybridized carbons (Fsp3) is 0.417. The first-order chi connectivity index (χ1) is 7.69. The second-order valence-corrected chi connectivity index (χ2v) is 3.52. The maximum absolute atomic E-state index is 11.0. The molecule has 0 saturated carbocycles. The van der Waals surface area contributed by atoms with Gasteiger partial charge in [0.15, 0.2) is 0 Å². The van der Waals surface area contributed by atoms with Crippen LogP contribution < -0.4 is 15.8 Å². The summed E-state index contributed by atoms with van der Waals surface area (Å²) in [6.45, 7) is 2.76. The van der Waals surface area contributed by atoms with Crippen molar-refractivity contribution in [2.75, 3.05) is 13.7 Å². The summed E-state index contributed by atoms with van der Waals surface area (Å²) in [5, 5.41) is 3.22. The normalized spacial score (nSPS) is 12.1. The Labute approximate surface area is 95.8 Å². The van der Waals surface area contributed by atoms with Crippen LogP contribution >= 0.6 is 0 Å². The van der Waals surface area contributed by atoms with Gasteiger partial charge >= 0.3 is 0 Å². The first-order valence-electron chi connectivity index (χ1n) is 5.33. The Morgan fingerprint density at radius 1 is 1.50 bits per heavy atom. The van der Waals surface area contributed by atoms with E-state index in [1.807, 2.05) is 31.2 Å². The summed E-state index contributed by atoms with van der Waals surface area (Å²) in [5.41, 5.74) is 6.20. The molecular weight excluding hydrogens is 204 g/mol. The number of carbonyl (C=O) groups is 1.